The van der Waals surface area contributed by atoms with Crippen LogP contribution in [-0.4, -0.2) is 10.8 Å². The smallest absolute Gasteiger partial charge is 0.252 e. The number of H-pyrrole nitrogens is 1. The van der Waals surface area contributed by atoms with Crippen molar-refractivity contribution in [3.63, 3.8) is 0 Å². The Balaban J connectivity index is 2.56. The van der Waals surface area contributed by atoms with Gasteiger partial charge in [0.1, 0.15) is 5.78 Å². The van der Waals surface area contributed by atoms with Crippen molar-refractivity contribution in [1.82, 2.24) is 4.98 Å². The number of pyridine rings is 1. The van der Waals surface area contributed by atoms with Crippen molar-refractivity contribution in [2.45, 2.75) is 47.5 Å². The summed E-state index contributed by atoms with van der Waals surface area (Å²) >= 11 is 0. The monoisotopic (exact) mass is 285 g/mol. The Morgan fingerprint density at radius 1 is 1.24 bits per heavy atom. The molecular formula is C18H23NO2. The number of nitrogens with one attached hydrogen (secondary N) is 1. The molecule has 0 radical (unpaired) electrons. The Labute approximate surface area is 125 Å². The van der Waals surface area contributed by atoms with Gasteiger partial charge in [-0.3, -0.25) is 9.59 Å². The Kier molecular flexibility index (Phi) is 4.04. The molecule has 0 bridgehead atoms. The van der Waals surface area contributed by atoms with Gasteiger partial charge in [0, 0.05) is 28.3 Å². The van der Waals surface area contributed by atoms with E-state index in [9.17, 15) is 9.59 Å². The maximum absolute atomic E-state index is 12.3. The third-order valence-electron chi connectivity index (χ3n) is 4.05. The number of aromatic amines is 1. The van der Waals surface area contributed by atoms with Gasteiger partial charge in [0.2, 0.25) is 0 Å². The number of carbonyl (C=O) groups excluding carboxylic acids is 1. The molecule has 0 saturated carbocycles. The molecule has 1 N–H and O–H groups in total. The third kappa shape index (κ3) is 3.07. The number of rotatable bonds is 3. The van der Waals surface area contributed by atoms with Gasteiger partial charge >= 0.3 is 0 Å². The first-order chi connectivity index (χ1) is 9.74. The molecule has 0 spiro atoms. The Hall–Kier alpha value is -1.90. The zero-order chi connectivity index (χ0) is 15.8. The molecule has 0 aliphatic rings. The predicted molar refractivity (Wildman–Crippen MR) is 86.8 cm³/mol. The molecule has 1 aromatic heterocycles. The van der Waals surface area contributed by atoms with E-state index < -0.39 is 5.41 Å². The Bertz CT molecular complexity index is 748. The minimum atomic E-state index is -0.431. The lowest BCUT2D eigenvalue weighted by Crippen LogP contribution is -2.26. The summed E-state index contributed by atoms with van der Waals surface area (Å²) in [6.45, 7) is 9.66. The van der Waals surface area contributed by atoms with E-state index in [0.29, 0.717) is 5.56 Å². The van der Waals surface area contributed by atoms with Crippen LogP contribution in [0.3, 0.4) is 0 Å². The Morgan fingerprint density at radius 2 is 1.90 bits per heavy atom. The van der Waals surface area contributed by atoms with Gasteiger partial charge in [-0.1, -0.05) is 39.8 Å². The van der Waals surface area contributed by atoms with Gasteiger partial charge in [-0.2, -0.15) is 0 Å². The lowest BCUT2D eigenvalue weighted by Gasteiger charge is -2.17. The van der Waals surface area contributed by atoms with Gasteiger partial charge in [0.05, 0.1) is 0 Å². The minimum absolute atomic E-state index is 0.0839. The van der Waals surface area contributed by atoms with Crippen LogP contribution in [0, 0.1) is 12.3 Å². The molecule has 0 saturated heterocycles. The van der Waals surface area contributed by atoms with Crippen molar-refractivity contribution in [3.8, 4) is 0 Å². The minimum Gasteiger partial charge on any atom is -0.322 e. The van der Waals surface area contributed by atoms with Crippen LogP contribution in [0.25, 0.3) is 10.9 Å². The fraction of sp³-hybridized carbons (Fsp3) is 0.444. The van der Waals surface area contributed by atoms with E-state index in [1.165, 1.54) is 5.56 Å². The van der Waals surface area contributed by atoms with Gasteiger partial charge in [0.15, 0.2) is 0 Å². The standard InChI is InChI=1S/C18H23NO2/c1-6-12-7-8-13-11(2)14(10-16(20)18(3,4)5)17(21)19-15(13)9-12/h7-9H,6,10H2,1-5H3,(H,19,21). The fourth-order valence-corrected chi connectivity index (χ4v) is 2.41. The highest BCUT2D eigenvalue weighted by Gasteiger charge is 2.23. The van der Waals surface area contributed by atoms with E-state index >= 15 is 0 Å². The van der Waals surface area contributed by atoms with Crippen molar-refractivity contribution in [2.75, 3.05) is 0 Å². The number of carbonyl (C=O) groups is 1. The van der Waals surface area contributed by atoms with Crippen molar-refractivity contribution in [3.05, 3.63) is 45.2 Å². The van der Waals surface area contributed by atoms with E-state index in [-0.39, 0.29) is 17.8 Å². The third-order valence-corrected chi connectivity index (χ3v) is 4.05. The molecule has 2 aromatic rings. The second-order valence-corrected chi connectivity index (χ2v) is 6.64. The summed E-state index contributed by atoms with van der Waals surface area (Å²) in [5, 5.41) is 1.02. The quantitative estimate of drug-likeness (QED) is 0.937. The van der Waals surface area contributed by atoms with E-state index in [2.05, 4.69) is 18.0 Å². The van der Waals surface area contributed by atoms with Crippen molar-refractivity contribution in [2.24, 2.45) is 5.41 Å². The molecule has 1 heterocycles. The molecule has 0 aliphatic carbocycles. The van der Waals surface area contributed by atoms with E-state index in [1.807, 2.05) is 39.8 Å². The molecule has 21 heavy (non-hydrogen) atoms. The summed E-state index contributed by atoms with van der Waals surface area (Å²) in [5.74, 6) is 0.0839. The zero-order valence-corrected chi connectivity index (χ0v) is 13.5. The summed E-state index contributed by atoms with van der Waals surface area (Å²) in [5.41, 5.74) is 2.96. The lowest BCUT2D eigenvalue weighted by atomic mass is 9.86. The first-order valence-corrected chi connectivity index (χ1v) is 7.41. The number of hydrogen-bond acceptors (Lipinski definition) is 2. The summed E-state index contributed by atoms with van der Waals surface area (Å²) in [4.78, 5) is 27.5. The maximum Gasteiger partial charge on any atom is 0.252 e. The topological polar surface area (TPSA) is 49.9 Å². The van der Waals surface area contributed by atoms with Crippen LogP contribution in [0.2, 0.25) is 0 Å². The molecule has 3 nitrogen and oxygen atoms in total. The van der Waals surface area contributed by atoms with Crippen LogP contribution in [0.4, 0.5) is 0 Å². The van der Waals surface area contributed by atoms with Gasteiger partial charge in [-0.05, 0) is 30.5 Å². The fourth-order valence-electron chi connectivity index (χ4n) is 2.41. The summed E-state index contributed by atoms with van der Waals surface area (Å²) in [6.07, 6.45) is 1.12. The number of fused-ring (bicyclic) bond motifs is 1. The molecule has 0 atom stereocenters. The average molecular weight is 285 g/mol. The van der Waals surface area contributed by atoms with Crippen LogP contribution in [0.5, 0.6) is 0 Å². The van der Waals surface area contributed by atoms with E-state index in [1.54, 1.807) is 0 Å². The molecule has 3 heteroatoms. The van der Waals surface area contributed by atoms with Crippen LogP contribution >= 0.6 is 0 Å². The first-order valence-electron chi connectivity index (χ1n) is 7.41. The summed E-state index contributed by atoms with van der Waals surface area (Å²) < 4.78 is 0. The van der Waals surface area contributed by atoms with Crippen LogP contribution in [-0.2, 0) is 17.6 Å². The number of ketones is 1. The van der Waals surface area contributed by atoms with Gasteiger partial charge in [-0.15, -0.1) is 0 Å². The summed E-state index contributed by atoms with van der Waals surface area (Å²) in [7, 11) is 0. The zero-order valence-electron chi connectivity index (χ0n) is 13.5. The van der Waals surface area contributed by atoms with Crippen LogP contribution in [0.1, 0.15) is 44.4 Å². The number of aromatic nitrogens is 1. The largest absolute Gasteiger partial charge is 0.322 e. The lowest BCUT2D eigenvalue weighted by molar-refractivity contribution is -0.125. The molecule has 0 aliphatic heterocycles. The molecule has 0 amide bonds. The van der Waals surface area contributed by atoms with E-state index in [0.717, 1.165) is 22.9 Å². The molecular weight excluding hydrogens is 262 g/mol. The summed E-state index contributed by atoms with van der Waals surface area (Å²) in [6, 6.07) is 6.12. The van der Waals surface area contributed by atoms with Crippen molar-refractivity contribution >= 4 is 16.7 Å². The SMILES string of the molecule is CCc1ccc2c(C)c(CC(=O)C(C)(C)C)c(=O)[nH]c2c1. The van der Waals surface area contributed by atoms with Gasteiger partial charge < -0.3 is 4.98 Å². The highest BCUT2D eigenvalue weighted by atomic mass is 16.1. The second-order valence-electron chi connectivity index (χ2n) is 6.64. The molecule has 112 valence electrons. The van der Waals surface area contributed by atoms with Gasteiger partial charge in [0.25, 0.3) is 5.56 Å². The van der Waals surface area contributed by atoms with Crippen LogP contribution in [0.15, 0.2) is 23.0 Å². The molecule has 0 fully saturated rings. The van der Waals surface area contributed by atoms with Gasteiger partial charge in [-0.25, -0.2) is 0 Å². The second kappa shape index (κ2) is 5.47. The van der Waals surface area contributed by atoms with Crippen molar-refractivity contribution < 1.29 is 4.79 Å². The van der Waals surface area contributed by atoms with Crippen molar-refractivity contribution in [1.29, 1.82) is 0 Å². The predicted octanol–water partition coefficient (Wildman–Crippen LogP) is 3.56. The first kappa shape index (κ1) is 15.5. The maximum atomic E-state index is 12.3. The molecule has 0 unspecified atom stereocenters. The molecule has 1 aromatic carbocycles. The average Bonchev–Trinajstić information content (AvgIpc) is 2.41. The number of Topliss-reactive ketones (excluding diaryl/α,β-unsaturated/α-hetero) is 1. The highest BCUT2D eigenvalue weighted by molar-refractivity contribution is 5.89. The number of aryl methyl sites for hydroxylation is 2. The van der Waals surface area contributed by atoms with Crippen LogP contribution < -0.4 is 5.56 Å². The highest BCUT2D eigenvalue weighted by Crippen LogP contribution is 2.22. The Morgan fingerprint density at radius 3 is 2.48 bits per heavy atom. The number of hydrogen-bond donors (Lipinski definition) is 1. The number of benzene rings is 1. The molecule has 2 rings (SSSR count). The van der Waals surface area contributed by atoms with E-state index in [4.69, 9.17) is 0 Å². The normalized spacial score (nSPS) is 11.9.